The van der Waals surface area contributed by atoms with Gasteiger partial charge in [0.1, 0.15) is 5.82 Å². The number of benzene rings is 1. The maximum Gasteiger partial charge on any atom is 0.238 e. The van der Waals surface area contributed by atoms with Crippen molar-refractivity contribution in [1.29, 1.82) is 0 Å². The molecule has 0 bridgehead atoms. The van der Waals surface area contributed by atoms with Crippen LogP contribution >= 0.6 is 0 Å². The summed E-state index contributed by atoms with van der Waals surface area (Å²) in [4.78, 5) is 14.2. The van der Waals surface area contributed by atoms with Crippen molar-refractivity contribution in [1.82, 2.24) is 14.7 Å². The first-order valence-corrected chi connectivity index (χ1v) is 11.4. The van der Waals surface area contributed by atoms with E-state index in [-0.39, 0.29) is 35.8 Å². The molecule has 1 amide bonds. The van der Waals surface area contributed by atoms with Gasteiger partial charge < -0.3 is 5.32 Å². The first kappa shape index (κ1) is 21.4. The minimum atomic E-state index is -2.99. The summed E-state index contributed by atoms with van der Waals surface area (Å²) < 4.78 is 39.0. The smallest absolute Gasteiger partial charge is 0.238 e. The van der Waals surface area contributed by atoms with Crippen molar-refractivity contribution >= 4 is 21.4 Å². The number of anilines is 1. The summed E-state index contributed by atoms with van der Waals surface area (Å²) in [5.41, 5.74) is 3.70. The van der Waals surface area contributed by atoms with Crippen molar-refractivity contribution < 1.29 is 17.6 Å². The number of nitrogens with zero attached hydrogens (tertiary/aromatic N) is 3. The molecule has 0 radical (unpaired) electrons. The number of amides is 1. The zero-order valence-corrected chi connectivity index (χ0v) is 18.0. The normalized spacial score (nSPS) is 18.3. The number of aromatic nitrogens is 2. The predicted octanol–water partition coefficient (Wildman–Crippen LogP) is 2.38. The average Bonchev–Trinajstić information content (AvgIpc) is 3.11. The summed E-state index contributed by atoms with van der Waals surface area (Å²) in [7, 11) is -1.16. The molecule has 1 aliphatic rings. The van der Waals surface area contributed by atoms with Gasteiger partial charge in [-0.2, -0.15) is 5.10 Å². The third-order valence-corrected chi connectivity index (χ3v) is 7.08. The Morgan fingerprint density at radius 2 is 2.07 bits per heavy atom. The molecule has 1 aromatic heterocycles. The number of aryl methyl sites for hydroxylation is 2. The molecule has 0 unspecified atom stereocenters. The molecule has 2 aromatic rings. The van der Waals surface area contributed by atoms with E-state index in [0.717, 1.165) is 17.0 Å². The quantitative estimate of drug-likeness (QED) is 0.773. The van der Waals surface area contributed by atoms with Crippen LogP contribution in [0.3, 0.4) is 0 Å². The average molecular weight is 423 g/mol. The molecule has 0 aliphatic carbocycles. The van der Waals surface area contributed by atoms with Crippen LogP contribution in [0, 0.1) is 26.6 Å². The van der Waals surface area contributed by atoms with Crippen LogP contribution in [0.2, 0.25) is 0 Å². The van der Waals surface area contributed by atoms with Crippen molar-refractivity contribution in [3.8, 4) is 0 Å². The second-order valence-corrected chi connectivity index (χ2v) is 10.1. The van der Waals surface area contributed by atoms with Crippen molar-refractivity contribution in [2.24, 2.45) is 0 Å². The summed E-state index contributed by atoms with van der Waals surface area (Å²) >= 11 is 0. The van der Waals surface area contributed by atoms with Crippen LogP contribution < -0.4 is 5.32 Å². The fourth-order valence-corrected chi connectivity index (χ4v) is 5.38. The summed E-state index contributed by atoms with van der Waals surface area (Å²) in [5.74, 6) is -0.269. The van der Waals surface area contributed by atoms with Gasteiger partial charge >= 0.3 is 0 Å². The van der Waals surface area contributed by atoms with Gasteiger partial charge in [-0.25, -0.2) is 12.8 Å². The van der Waals surface area contributed by atoms with Gasteiger partial charge in [0.15, 0.2) is 9.84 Å². The number of halogens is 1. The maximum absolute atomic E-state index is 13.6. The molecule has 1 aromatic carbocycles. The maximum atomic E-state index is 13.6. The molecule has 1 fully saturated rings. The van der Waals surface area contributed by atoms with Gasteiger partial charge in [0.05, 0.1) is 29.8 Å². The number of rotatable bonds is 6. The van der Waals surface area contributed by atoms with E-state index < -0.39 is 9.84 Å². The fourth-order valence-electron chi connectivity index (χ4n) is 3.69. The zero-order chi connectivity index (χ0) is 21.3. The summed E-state index contributed by atoms with van der Waals surface area (Å²) in [6.45, 7) is 6.14. The van der Waals surface area contributed by atoms with Gasteiger partial charge in [0.25, 0.3) is 0 Å². The third-order valence-electron chi connectivity index (χ3n) is 5.33. The topological polar surface area (TPSA) is 84.3 Å². The van der Waals surface area contributed by atoms with Crippen LogP contribution in [0.15, 0.2) is 18.2 Å². The van der Waals surface area contributed by atoms with Crippen LogP contribution in [-0.4, -0.2) is 54.1 Å². The molecule has 0 spiro atoms. The van der Waals surface area contributed by atoms with E-state index in [1.165, 1.54) is 6.07 Å². The fraction of sp³-hybridized carbons (Fsp3) is 0.500. The highest BCUT2D eigenvalue weighted by Gasteiger charge is 2.31. The van der Waals surface area contributed by atoms with E-state index in [1.54, 1.807) is 19.1 Å². The van der Waals surface area contributed by atoms with E-state index in [4.69, 9.17) is 0 Å². The monoisotopic (exact) mass is 422 g/mol. The summed E-state index contributed by atoms with van der Waals surface area (Å²) in [6.07, 6.45) is 0.578. The lowest BCUT2D eigenvalue weighted by molar-refractivity contribution is -0.117. The molecule has 29 heavy (non-hydrogen) atoms. The Morgan fingerprint density at radius 3 is 2.69 bits per heavy atom. The Labute approximate surface area is 170 Å². The van der Waals surface area contributed by atoms with Gasteiger partial charge in [0.2, 0.25) is 5.91 Å². The lowest BCUT2D eigenvalue weighted by atomic mass is 10.1. The largest absolute Gasteiger partial charge is 0.325 e. The van der Waals surface area contributed by atoms with Crippen molar-refractivity contribution in [3.63, 3.8) is 0 Å². The summed E-state index contributed by atoms with van der Waals surface area (Å²) in [6, 6.07) is 4.47. The molecule has 2 heterocycles. The minimum absolute atomic E-state index is 0.125. The predicted molar refractivity (Wildman–Crippen MR) is 110 cm³/mol. The number of carbonyl (C=O) groups excluding carboxylic acids is 1. The Bertz CT molecular complexity index is 1030. The highest BCUT2D eigenvalue weighted by atomic mass is 32.2. The van der Waals surface area contributed by atoms with Crippen LogP contribution in [0.4, 0.5) is 10.1 Å². The number of hydrogen-bond acceptors (Lipinski definition) is 5. The third kappa shape index (κ3) is 5.02. The minimum Gasteiger partial charge on any atom is -0.325 e. The molecule has 1 N–H and O–H groups in total. The Kier molecular flexibility index (Phi) is 6.09. The SMILES string of the molecule is Cc1ccc(NC(=O)CN(C)Cc2c(C)nn([C@H]3CCS(=O)(=O)C3)c2C)cc1F. The van der Waals surface area contributed by atoms with Gasteiger partial charge in [0, 0.05) is 23.5 Å². The highest BCUT2D eigenvalue weighted by Crippen LogP contribution is 2.27. The number of nitrogens with one attached hydrogen (secondary N) is 1. The number of carbonyl (C=O) groups is 1. The number of sulfone groups is 1. The Hall–Kier alpha value is -2.26. The summed E-state index contributed by atoms with van der Waals surface area (Å²) in [5, 5.41) is 7.27. The Balaban J connectivity index is 1.63. The van der Waals surface area contributed by atoms with E-state index in [2.05, 4.69) is 10.4 Å². The first-order valence-electron chi connectivity index (χ1n) is 9.55. The van der Waals surface area contributed by atoms with Crippen molar-refractivity contribution in [2.75, 3.05) is 30.4 Å². The van der Waals surface area contributed by atoms with E-state index >= 15 is 0 Å². The van der Waals surface area contributed by atoms with E-state index in [1.807, 2.05) is 30.5 Å². The van der Waals surface area contributed by atoms with Gasteiger partial charge in [-0.05, 0) is 51.9 Å². The molecule has 3 rings (SSSR count). The first-order chi connectivity index (χ1) is 13.6. The Morgan fingerprint density at radius 1 is 1.34 bits per heavy atom. The van der Waals surface area contributed by atoms with Crippen molar-refractivity contribution in [3.05, 3.63) is 46.5 Å². The number of likely N-dealkylation sites (N-methyl/N-ethyl adjacent to an activating group) is 1. The molecule has 9 heteroatoms. The second-order valence-electron chi connectivity index (χ2n) is 7.84. The molecular weight excluding hydrogens is 395 g/mol. The molecule has 0 saturated carbocycles. The van der Waals surface area contributed by atoms with E-state index in [9.17, 15) is 17.6 Å². The zero-order valence-electron chi connectivity index (χ0n) is 17.2. The van der Waals surface area contributed by atoms with Gasteiger partial charge in [-0.1, -0.05) is 6.07 Å². The molecule has 7 nitrogen and oxygen atoms in total. The molecule has 1 atom stereocenters. The van der Waals surface area contributed by atoms with Crippen LogP contribution in [0.1, 0.15) is 35.0 Å². The molecule has 1 aliphatic heterocycles. The van der Waals surface area contributed by atoms with Crippen LogP contribution in [0.5, 0.6) is 0 Å². The standard InChI is InChI=1S/C20H27FN4O3S/c1-13-5-6-16(9-19(13)21)22-20(26)11-24(4)10-18-14(2)23-25(15(18)3)17-7-8-29(27,28)12-17/h5-6,9,17H,7-8,10-12H2,1-4H3,(H,22,26)/t17-/m0/s1. The van der Waals surface area contributed by atoms with E-state index in [0.29, 0.717) is 24.2 Å². The molecular formula is C20H27FN4O3S. The molecule has 1 saturated heterocycles. The number of hydrogen-bond donors (Lipinski definition) is 1. The van der Waals surface area contributed by atoms with Crippen molar-refractivity contribution in [2.45, 2.75) is 39.8 Å². The lowest BCUT2D eigenvalue weighted by Gasteiger charge is -2.17. The second kappa shape index (κ2) is 8.23. The van der Waals surface area contributed by atoms with Gasteiger partial charge in [-0.3, -0.25) is 14.4 Å². The van der Waals surface area contributed by atoms with Crippen LogP contribution in [0.25, 0.3) is 0 Å². The highest BCUT2D eigenvalue weighted by molar-refractivity contribution is 7.91. The lowest BCUT2D eigenvalue weighted by Crippen LogP contribution is -2.30. The molecule has 158 valence electrons. The van der Waals surface area contributed by atoms with Gasteiger partial charge in [-0.15, -0.1) is 0 Å². The van der Waals surface area contributed by atoms with Crippen LogP contribution in [-0.2, 0) is 21.2 Å².